The molecule has 0 aliphatic rings. The highest BCUT2D eigenvalue weighted by Crippen LogP contribution is 2.21. The molecule has 0 saturated carbocycles. The summed E-state index contributed by atoms with van der Waals surface area (Å²) >= 11 is 3.40. The van der Waals surface area contributed by atoms with Gasteiger partial charge in [0.15, 0.2) is 6.61 Å². The zero-order chi connectivity index (χ0) is 18.9. The number of anilines is 1. The predicted octanol–water partition coefficient (Wildman–Crippen LogP) is 4.13. The fourth-order valence-electron chi connectivity index (χ4n) is 2.49. The smallest absolute Gasteiger partial charge is 0.277 e. The molecule has 2 aromatic rings. The van der Waals surface area contributed by atoms with Gasteiger partial charge in [-0.05, 0) is 62.2 Å². The maximum absolute atomic E-state index is 11.8. The highest BCUT2D eigenvalue weighted by Gasteiger charge is 2.04. The second-order valence-corrected chi connectivity index (χ2v) is 6.67. The molecule has 26 heavy (non-hydrogen) atoms. The summed E-state index contributed by atoms with van der Waals surface area (Å²) in [6.07, 6.45) is 1.62. The third-order valence-corrected chi connectivity index (χ3v) is 4.41. The maximum atomic E-state index is 11.8. The molecule has 0 unspecified atom stereocenters. The van der Waals surface area contributed by atoms with Crippen molar-refractivity contribution < 1.29 is 9.53 Å². The number of nitrogens with zero attached hydrogens (tertiary/aromatic N) is 2. The van der Waals surface area contributed by atoms with Gasteiger partial charge < -0.3 is 9.64 Å². The maximum Gasteiger partial charge on any atom is 0.277 e. The number of carbonyl (C=O) groups excluding carboxylic acids is 1. The van der Waals surface area contributed by atoms with Crippen molar-refractivity contribution in [3.05, 3.63) is 58.1 Å². The molecule has 138 valence electrons. The summed E-state index contributed by atoms with van der Waals surface area (Å²) in [6, 6.07) is 13.7. The fourth-order valence-corrected chi connectivity index (χ4v) is 2.96. The number of hydrazone groups is 1. The molecule has 0 aromatic heterocycles. The number of benzene rings is 2. The first-order valence-electron chi connectivity index (χ1n) is 8.59. The van der Waals surface area contributed by atoms with E-state index in [2.05, 4.69) is 57.3 Å². The quantitative estimate of drug-likeness (QED) is 0.518. The molecule has 0 fully saturated rings. The largest absolute Gasteiger partial charge is 0.483 e. The molecule has 1 N–H and O–H groups in total. The summed E-state index contributed by atoms with van der Waals surface area (Å²) in [7, 11) is 0. The first-order valence-corrected chi connectivity index (χ1v) is 9.38. The van der Waals surface area contributed by atoms with Crippen LogP contribution in [0.4, 0.5) is 5.69 Å². The van der Waals surface area contributed by atoms with Gasteiger partial charge >= 0.3 is 0 Å². The Bertz CT molecular complexity index is 756. The third-order valence-electron chi connectivity index (χ3n) is 3.92. The molecular formula is C20H24BrN3O2. The summed E-state index contributed by atoms with van der Waals surface area (Å²) in [5.74, 6) is 0.377. The molecular weight excluding hydrogens is 394 g/mol. The lowest BCUT2D eigenvalue weighted by atomic mass is 10.2. The van der Waals surface area contributed by atoms with E-state index in [9.17, 15) is 4.79 Å². The standard InChI is InChI=1S/C20H24BrN3O2/c1-4-24(5-2)18-9-6-16(7-10-18)13-22-23-20(25)14-26-19-11-8-17(21)12-15(19)3/h6-13H,4-5,14H2,1-3H3,(H,23,25)/b22-13+. The number of aryl methyl sites for hydroxylation is 1. The molecule has 1 amide bonds. The second kappa shape index (κ2) is 9.97. The van der Waals surface area contributed by atoms with E-state index in [1.54, 1.807) is 6.21 Å². The molecule has 2 rings (SSSR count). The highest BCUT2D eigenvalue weighted by atomic mass is 79.9. The Kier molecular flexibility index (Phi) is 7.66. The number of amides is 1. The van der Waals surface area contributed by atoms with E-state index in [1.807, 2.05) is 37.3 Å². The summed E-state index contributed by atoms with van der Waals surface area (Å²) < 4.78 is 6.49. The number of carbonyl (C=O) groups is 1. The van der Waals surface area contributed by atoms with Crippen LogP contribution in [0.5, 0.6) is 5.75 Å². The van der Waals surface area contributed by atoms with Gasteiger partial charge in [0.2, 0.25) is 0 Å². The van der Waals surface area contributed by atoms with Crippen LogP contribution in [0, 0.1) is 6.92 Å². The van der Waals surface area contributed by atoms with Gasteiger partial charge in [-0.25, -0.2) is 5.43 Å². The van der Waals surface area contributed by atoms with Crippen LogP contribution in [-0.4, -0.2) is 31.8 Å². The van der Waals surface area contributed by atoms with Crippen LogP contribution in [0.3, 0.4) is 0 Å². The Morgan fingerprint density at radius 1 is 1.19 bits per heavy atom. The van der Waals surface area contributed by atoms with Crippen LogP contribution in [0.25, 0.3) is 0 Å². The van der Waals surface area contributed by atoms with Crippen molar-refractivity contribution in [1.82, 2.24) is 5.43 Å². The first-order chi connectivity index (χ1) is 12.5. The molecule has 0 atom stereocenters. The van der Waals surface area contributed by atoms with Crippen LogP contribution in [0.2, 0.25) is 0 Å². The average molecular weight is 418 g/mol. The zero-order valence-electron chi connectivity index (χ0n) is 15.3. The lowest BCUT2D eigenvalue weighted by Crippen LogP contribution is -2.24. The molecule has 0 heterocycles. The monoisotopic (exact) mass is 417 g/mol. The number of hydrogen-bond acceptors (Lipinski definition) is 4. The van der Waals surface area contributed by atoms with Crippen LogP contribution in [0.15, 0.2) is 52.0 Å². The Labute approximate surface area is 163 Å². The van der Waals surface area contributed by atoms with Gasteiger partial charge in [-0.15, -0.1) is 0 Å². The fraction of sp³-hybridized carbons (Fsp3) is 0.300. The van der Waals surface area contributed by atoms with Gasteiger partial charge in [0.05, 0.1) is 6.21 Å². The van der Waals surface area contributed by atoms with E-state index < -0.39 is 0 Å². The summed E-state index contributed by atoms with van der Waals surface area (Å²) in [5.41, 5.74) is 5.54. The Morgan fingerprint density at radius 2 is 1.88 bits per heavy atom. The molecule has 0 aliphatic carbocycles. The highest BCUT2D eigenvalue weighted by molar-refractivity contribution is 9.10. The van der Waals surface area contributed by atoms with E-state index in [-0.39, 0.29) is 12.5 Å². The van der Waals surface area contributed by atoms with E-state index >= 15 is 0 Å². The van der Waals surface area contributed by atoms with Crippen molar-refractivity contribution in [2.75, 3.05) is 24.6 Å². The van der Waals surface area contributed by atoms with E-state index in [0.717, 1.165) is 28.7 Å². The van der Waals surface area contributed by atoms with Crippen molar-refractivity contribution in [2.45, 2.75) is 20.8 Å². The van der Waals surface area contributed by atoms with Crippen molar-refractivity contribution in [3.63, 3.8) is 0 Å². The van der Waals surface area contributed by atoms with Gasteiger partial charge in [-0.1, -0.05) is 28.1 Å². The second-order valence-electron chi connectivity index (χ2n) is 5.76. The first kappa shape index (κ1) is 20.0. The van der Waals surface area contributed by atoms with Crippen LogP contribution in [-0.2, 0) is 4.79 Å². The number of hydrogen-bond donors (Lipinski definition) is 1. The summed E-state index contributed by atoms with van der Waals surface area (Å²) in [5, 5.41) is 3.98. The molecule has 0 aliphatic heterocycles. The zero-order valence-corrected chi connectivity index (χ0v) is 16.9. The van der Waals surface area contributed by atoms with Crippen LogP contribution in [0.1, 0.15) is 25.0 Å². The summed E-state index contributed by atoms with van der Waals surface area (Å²) in [4.78, 5) is 14.1. The van der Waals surface area contributed by atoms with Crippen molar-refractivity contribution in [2.24, 2.45) is 5.10 Å². The molecule has 5 nitrogen and oxygen atoms in total. The molecule has 2 aromatic carbocycles. The van der Waals surface area contributed by atoms with Crippen molar-refractivity contribution >= 4 is 33.7 Å². The summed E-state index contributed by atoms with van der Waals surface area (Å²) in [6.45, 7) is 8.05. The Hall–Kier alpha value is -2.34. The number of halogens is 1. The topological polar surface area (TPSA) is 53.9 Å². The normalized spacial score (nSPS) is 10.8. The lowest BCUT2D eigenvalue weighted by molar-refractivity contribution is -0.123. The lowest BCUT2D eigenvalue weighted by Gasteiger charge is -2.20. The number of rotatable bonds is 8. The molecule has 0 radical (unpaired) electrons. The SMILES string of the molecule is CCN(CC)c1ccc(/C=N/NC(=O)COc2ccc(Br)cc2C)cc1. The minimum absolute atomic E-state index is 0.0826. The third kappa shape index (κ3) is 5.88. The van der Waals surface area contributed by atoms with Gasteiger partial charge in [0.1, 0.15) is 5.75 Å². The van der Waals surface area contributed by atoms with Crippen LogP contribution >= 0.6 is 15.9 Å². The molecule has 0 bridgehead atoms. The van der Waals surface area contributed by atoms with E-state index in [0.29, 0.717) is 5.75 Å². The average Bonchev–Trinajstić information content (AvgIpc) is 2.63. The Morgan fingerprint density at radius 3 is 2.50 bits per heavy atom. The van der Waals surface area contributed by atoms with E-state index in [4.69, 9.17) is 4.74 Å². The predicted molar refractivity (Wildman–Crippen MR) is 110 cm³/mol. The molecule has 0 spiro atoms. The van der Waals surface area contributed by atoms with Crippen molar-refractivity contribution in [1.29, 1.82) is 0 Å². The molecule has 6 heteroatoms. The van der Waals surface area contributed by atoms with Crippen LogP contribution < -0.4 is 15.1 Å². The van der Waals surface area contributed by atoms with Gasteiger partial charge in [0.25, 0.3) is 5.91 Å². The molecule has 0 saturated heterocycles. The minimum Gasteiger partial charge on any atom is -0.483 e. The van der Waals surface area contributed by atoms with Gasteiger partial charge in [0, 0.05) is 23.2 Å². The number of nitrogens with one attached hydrogen (secondary N) is 1. The van der Waals surface area contributed by atoms with Crippen molar-refractivity contribution in [3.8, 4) is 5.75 Å². The minimum atomic E-state index is -0.302. The van der Waals surface area contributed by atoms with Gasteiger partial charge in [-0.3, -0.25) is 4.79 Å². The van der Waals surface area contributed by atoms with E-state index in [1.165, 1.54) is 5.69 Å². The number of ether oxygens (including phenoxy) is 1. The Balaban J connectivity index is 1.83. The van der Waals surface area contributed by atoms with Gasteiger partial charge in [-0.2, -0.15) is 5.10 Å².